The van der Waals surface area contributed by atoms with E-state index in [0.717, 1.165) is 24.2 Å². The van der Waals surface area contributed by atoms with E-state index < -0.39 is 0 Å². The molecule has 2 nitrogen and oxygen atoms in total. The number of rotatable bonds is 5. The first kappa shape index (κ1) is 10.8. The van der Waals surface area contributed by atoms with Crippen molar-refractivity contribution in [3.8, 4) is 0 Å². The topological polar surface area (TPSA) is 38.0 Å². The van der Waals surface area contributed by atoms with E-state index in [0.29, 0.717) is 6.04 Å². The number of anilines is 1. The van der Waals surface area contributed by atoms with Gasteiger partial charge < -0.3 is 11.1 Å². The first-order valence-electron chi connectivity index (χ1n) is 4.91. The monoisotopic (exact) mass is 190 g/mol. The molecule has 76 valence electrons. The molecular weight excluding hydrogens is 172 g/mol. The lowest BCUT2D eigenvalue weighted by Crippen LogP contribution is -2.25. The van der Waals surface area contributed by atoms with Gasteiger partial charge in [-0.3, -0.25) is 0 Å². The van der Waals surface area contributed by atoms with E-state index >= 15 is 0 Å². The van der Waals surface area contributed by atoms with Crippen LogP contribution in [0, 0.1) is 0 Å². The highest BCUT2D eigenvalue weighted by Gasteiger charge is 2.00. The summed E-state index contributed by atoms with van der Waals surface area (Å²) in [6.45, 7) is 6.67. The smallest absolute Gasteiger partial charge is 0.0359 e. The highest BCUT2D eigenvalue weighted by atomic mass is 14.9. The van der Waals surface area contributed by atoms with Crippen molar-refractivity contribution < 1.29 is 0 Å². The SMILES string of the molecule is C=CCC(C)NCc1ccccc1N. The molecule has 1 atom stereocenters. The third-order valence-corrected chi connectivity index (χ3v) is 2.22. The Morgan fingerprint density at radius 1 is 1.50 bits per heavy atom. The number of nitrogens with one attached hydrogen (secondary N) is 1. The van der Waals surface area contributed by atoms with Gasteiger partial charge in [0.15, 0.2) is 0 Å². The summed E-state index contributed by atoms with van der Waals surface area (Å²) < 4.78 is 0. The second-order valence-electron chi connectivity index (χ2n) is 3.51. The standard InChI is InChI=1S/C12H18N2/c1-3-6-10(2)14-9-11-7-4-5-8-12(11)13/h3-5,7-8,10,14H,1,6,9,13H2,2H3. The Balaban J connectivity index is 2.45. The molecule has 3 N–H and O–H groups in total. The predicted molar refractivity (Wildman–Crippen MR) is 62.0 cm³/mol. The van der Waals surface area contributed by atoms with Gasteiger partial charge in [0.25, 0.3) is 0 Å². The Hall–Kier alpha value is -1.28. The summed E-state index contributed by atoms with van der Waals surface area (Å²) in [5, 5.41) is 3.39. The Morgan fingerprint density at radius 2 is 2.21 bits per heavy atom. The maximum Gasteiger partial charge on any atom is 0.0359 e. The van der Waals surface area contributed by atoms with Crippen LogP contribution in [0.1, 0.15) is 18.9 Å². The van der Waals surface area contributed by atoms with Crippen LogP contribution in [0.5, 0.6) is 0 Å². The average Bonchev–Trinajstić information content (AvgIpc) is 2.17. The van der Waals surface area contributed by atoms with Crippen molar-refractivity contribution in [3.63, 3.8) is 0 Å². The average molecular weight is 190 g/mol. The molecule has 1 aromatic carbocycles. The molecule has 0 aliphatic carbocycles. The summed E-state index contributed by atoms with van der Waals surface area (Å²) in [4.78, 5) is 0. The van der Waals surface area contributed by atoms with Crippen molar-refractivity contribution in [1.29, 1.82) is 0 Å². The van der Waals surface area contributed by atoms with Gasteiger partial charge in [-0.05, 0) is 25.0 Å². The van der Waals surface area contributed by atoms with Crippen LogP contribution < -0.4 is 11.1 Å². The lowest BCUT2D eigenvalue weighted by Gasteiger charge is -2.12. The number of hydrogen-bond acceptors (Lipinski definition) is 2. The minimum atomic E-state index is 0.451. The first-order chi connectivity index (χ1) is 6.74. The van der Waals surface area contributed by atoms with E-state index in [4.69, 9.17) is 5.73 Å². The van der Waals surface area contributed by atoms with Crippen molar-refractivity contribution in [2.75, 3.05) is 5.73 Å². The second-order valence-corrected chi connectivity index (χ2v) is 3.51. The number of nitrogens with two attached hydrogens (primary N) is 1. The van der Waals surface area contributed by atoms with Gasteiger partial charge in [0.2, 0.25) is 0 Å². The third-order valence-electron chi connectivity index (χ3n) is 2.22. The van der Waals surface area contributed by atoms with Gasteiger partial charge in [-0.15, -0.1) is 6.58 Å². The van der Waals surface area contributed by atoms with E-state index in [1.807, 2.05) is 30.3 Å². The zero-order valence-electron chi connectivity index (χ0n) is 8.66. The summed E-state index contributed by atoms with van der Waals surface area (Å²) >= 11 is 0. The molecule has 0 saturated heterocycles. The van der Waals surface area contributed by atoms with Crippen LogP contribution in [0.25, 0.3) is 0 Å². The molecule has 0 fully saturated rings. The zero-order chi connectivity index (χ0) is 10.4. The van der Waals surface area contributed by atoms with Crippen molar-refractivity contribution >= 4 is 5.69 Å². The number of para-hydroxylation sites is 1. The highest BCUT2D eigenvalue weighted by Crippen LogP contribution is 2.10. The van der Waals surface area contributed by atoms with Gasteiger partial charge in [-0.2, -0.15) is 0 Å². The molecule has 0 heterocycles. The number of nitrogen functional groups attached to an aromatic ring is 1. The summed E-state index contributed by atoms with van der Waals surface area (Å²) in [7, 11) is 0. The first-order valence-corrected chi connectivity index (χ1v) is 4.91. The Kier molecular flexibility index (Phi) is 4.20. The summed E-state index contributed by atoms with van der Waals surface area (Å²) in [6.07, 6.45) is 2.90. The Labute approximate surface area is 85.8 Å². The summed E-state index contributed by atoms with van der Waals surface area (Å²) in [6, 6.07) is 8.38. The Morgan fingerprint density at radius 3 is 2.86 bits per heavy atom. The molecule has 0 aromatic heterocycles. The van der Waals surface area contributed by atoms with Crippen LogP contribution >= 0.6 is 0 Å². The maximum absolute atomic E-state index is 5.82. The largest absolute Gasteiger partial charge is 0.398 e. The highest BCUT2D eigenvalue weighted by molar-refractivity contribution is 5.46. The number of hydrogen-bond donors (Lipinski definition) is 2. The van der Waals surface area contributed by atoms with Gasteiger partial charge in [0, 0.05) is 18.3 Å². The van der Waals surface area contributed by atoms with Crippen LogP contribution in [-0.2, 0) is 6.54 Å². The molecule has 0 spiro atoms. The van der Waals surface area contributed by atoms with Crippen molar-refractivity contribution in [3.05, 3.63) is 42.5 Å². The summed E-state index contributed by atoms with van der Waals surface area (Å²) in [5.41, 5.74) is 7.83. The predicted octanol–water partition coefficient (Wildman–Crippen LogP) is 2.32. The Bertz CT molecular complexity index is 294. The van der Waals surface area contributed by atoms with Gasteiger partial charge in [-0.1, -0.05) is 24.3 Å². The second kappa shape index (κ2) is 5.45. The fraction of sp³-hybridized carbons (Fsp3) is 0.333. The van der Waals surface area contributed by atoms with Crippen LogP contribution in [0.15, 0.2) is 36.9 Å². The zero-order valence-corrected chi connectivity index (χ0v) is 8.66. The maximum atomic E-state index is 5.82. The quantitative estimate of drug-likeness (QED) is 0.552. The molecule has 1 unspecified atom stereocenters. The summed E-state index contributed by atoms with van der Waals surface area (Å²) in [5.74, 6) is 0. The lowest BCUT2D eigenvalue weighted by molar-refractivity contribution is 0.554. The molecule has 0 aliphatic rings. The molecule has 14 heavy (non-hydrogen) atoms. The molecule has 0 aliphatic heterocycles. The van der Waals surface area contributed by atoms with Crippen LogP contribution in [-0.4, -0.2) is 6.04 Å². The minimum absolute atomic E-state index is 0.451. The minimum Gasteiger partial charge on any atom is -0.398 e. The van der Waals surface area contributed by atoms with E-state index in [2.05, 4.69) is 18.8 Å². The lowest BCUT2D eigenvalue weighted by atomic mass is 10.1. The molecule has 0 bridgehead atoms. The van der Waals surface area contributed by atoms with Crippen LogP contribution in [0.4, 0.5) is 5.69 Å². The normalized spacial score (nSPS) is 12.4. The van der Waals surface area contributed by atoms with Crippen molar-refractivity contribution in [2.45, 2.75) is 25.9 Å². The van der Waals surface area contributed by atoms with Gasteiger partial charge in [0.05, 0.1) is 0 Å². The molecule has 2 heteroatoms. The van der Waals surface area contributed by atoms with Crippen LogP contribution in [0.2, 0.25) is 0 Å². The van der Waals surface area contributed by atoms with E-state index in [9.17, 15) is 0 Å². The van der Waals surface area contributed by atoms with Crippen LogP contribution in [0.3, 0.4) is 0 Å². The third kappa shape index (κ3) is 3.23. The molecule has 0 amide bonds. The molecule has 1 rings (SSSR count). The fourth-order valence-corrected chi connectivity index (χ4v) is 1.31. The van der Waals surface area contributed by atoms with E-state index in [1.165, 1.54) is 0 Å². The molecule has 0 saturated carbocycles. The van der Waals surface area contributed by atoms with Gasteiger partial charge in [0.1, 0.15) is 0 Å². The van der Waals surface area contributed by atoms with E-state index in [1.54, 1.807) is 0 Å². The van der Waals surface area contributed by atoms with E-state index in [-0.39, 0.29) is 0 Å². The van der Waals surface area contributed by atoms with Crippen molar-refractivity contribution in [1.82, 2.24) is 5.32 Å². The van der Waals surface area contributed by atoms with Gasteiger partial charge >= 0.3 is 0 Å². The number of benzene rings is 1. The molecule has 0 radical (unpaired) electrons. The van der Waals surface area contributed by atoms with Gasteiger partial charge in [-0.25, -0.2) is 0 Å². The molecular formula is C12H18N2. The molecule has 1 aromatic rings. The van der Waals surface area contributed by atoms with Crippen molar-refractivity contribution in [2.24, 2.45) is 0 Å². The fourth-order valence-electron chi connectivity index (χ4n) is 1.31.